The fourth-order valence-corrected chi connectivity index (χ4v) is 2.90. The molecule has 0 aliphatic heterocycles. The molecule has 0 saturated carbocycles. The van der Waals surface area contributed by atoms with Gasteiger partial charge in [0.15, 0.2) is 11.2 Å². The molecule has 0 aliphatic rings. The van der Waals surface area contributed by atoms with Crippen LogP contribution in [0.4, 0.5) is 0 Å². The van der Waals surface area contributed by atoms with Gasteiger partial charge in [-0.1, -0.05) is 65.1 Å². The molecule has 2 heterocycles. The van der Waals surface area contributed by atoms with Gasteiger partial charge in [-0.15, -0.1) is 0 Å². The quantitative estimate of drug-likeness (QED) is 0.678. The highest BCUT2D eigenvalue weighted by molar-refractivity contribution is 6.40. The molecule has 1 atom stereocenters. The molecular weight excluding hydrogens is 385 g/mol. The number of hydrogen-bond acceptors (Lipinski definition) is 4. The Morgan fingerprint density at radius 3 is 2.52 bits per heavy atom. The lowest BCUT2D eigenvalue weighted by Crippen LogP contribution is -2.29. The minimum atomic E-state index is -1.10. The van der Waals surface area contributed by atoms with Crippen molar-refractivity contribution in [2.24, 2.45) is 0 Å². The van der Waals surface area contributed by atoms with Crippen LogP contribution in [0.1, 0.15) is 17.3 Å². The summed E-state index contributed by atoms with van der Waals surface area (Å²) in [5.74, 6) is 0. The van der Waals surface area contributed by atoms with Crippen LogP contribution >= 0.6 is 34.8 Å². The van der Waals surface area contributed by atoms with Crippen molar-refractivity contribution in [2.75, 3.05) is 0 Å². The third-order valence-electron chi connectivity index (χ3n) is 3.52. The Hall–Kier alpha value is -2.33. The number of benzene rings is 1. The number of rotatable bonds is 4. The van der Waals surface area contributed by atoms with Crippen LogP contribution in [-0.2, 0) is 6.54 Å². The van der Waals surface area contributed by atoms with Crippen LogP contribution in [-0.4, -0.2) is 19.1 Å². The van der Waals surface area contributed by atoms with E-state index >= 15 is 0 Å². The minimum Gasteiger partial charge on any atom is -0.306 e. The molecule has 25 heavy (non-hydrogen) atoms. The first-order chi connectivity index (χ1) is 12.0. The Kier molecular flexibility index (Phi) is 5.09. The summed E-state index contributed by atoms with van der Waals surface area (Å²) in [7, 11) is 0. The van der Waals surface area contributed by atoms with Gasteiger partial charge >= 0.3 is 0 Å². The van der Waals surface area contributed by atoms with Crippen molar-refractivity contribution >= 4 is 34.8 Å². The fourth-order valence-electron chi connectivity index (χ4n) is 2.36. The van der Waals surface area contributed by atoms with Crippen LogP contribution in [0, 0.1) is 11.3 Å². The Bertz CT molecular complexity index is 1010. The van der Waals surface area contributed by atoms with E-state index in [0.717, 1.165) is 5.56 Å². The standard InChI is InChI=1S/C16H10Cl3N5O/c17-12-8-23(7-10-4-2-1-3-5-10)16(25)13(22-12)11(6-20)24-9-21-14(18)15(24)19/h1-5,8-9,11H,7H2. The Morgan fingerprint density at radius 2 is 1.92 bits per heavy atom. The van der Waals surface area contributed by atoms with Gasteiger partial charge in [0, 0.05) is 6.20 Å². The largest absolute Gasteiger partial charge is 0.306 e. The summed E-state index contributed by atoms with van der Waals surface area (Å²) in [5.41, 5.74) is 0.414. The highest BCUT2D eigenvalue weighted by Gasteiger charge is 2.24. The molecule has 9 heteroatoms. The molecule has 2 aromatic heterocycles. The van der Waals surface area contributed by atoms with Gasteiger partial charge in [0.05, 0.1) is 18.9 Å². The predicted molar refractivity (Wildman–Crippen MR) is 95.1 cm³/mol. The Labute approximate surface area is 157 Å². The second kappa shape index (κ2) is 7.28. The van der Waals surface area contributed by atoms with Gasteiger partial charge < -0.3 is 4.57 Å². The first-order valence-corrected chi connectivity index (χ1v) is 8.23. The molecule has 0 amide bonds. The molecule has 3 aromatic rings. The van der Waals surface area contributed by atoms with Crippen molar-refractivity contribution < 1.29 is 0 Å². The smallest absolute Gasteiger partial charge is 0.275 e. The van der Waals surface area contributed by atoms with Crippen molar-refractivity contribution in [1.29, 1.82) is 5.26 Å². The van der Waals surface area contributed by atoms with Crippen molar-refractivity contribution in [2.45, 2.75) is 12.6 Å². The number of nitriles is 1. The first-order valence-electron chi connectivity index (χ1n) is 7.09. The van der Waals surface area contributed by atoms with Gasteiger partial charge in [-0.2, -0.15) is 5.26 Å². The Balaban J connectivity index is 2.09. The maximum Gasteiger partial charge on any atom is 0.275 e. The summed E-state index contributed by atoms with van der Waals surface area (Å²) in [6.45, 7) is 0.297. The molecule has 126 valence electrons. The van der Waals surface area contributed by atoms with Crippen LogP contribution in [0.25, 0.3) is 0 Å². The van der Waals surface area contributed by atoms with E-state index in [1.54, 1.807) is 0 Å². The van der Waals surface area contributed by atoms with E-state index in [0.29, 0.717) is 6.54 Å². The number of imidazole rings is 1. The van der Waals surface area contributed by atoms with Crippen LogP contribution < -0.4 is 5.56 Å². The van der Waals surface area contributed by atoms with E-state index in [2.05, 4.69) is 9.97 Å². The SMILES string of the molecule is N#CC(c1nc(Cl)cn(Cc2ccccc2)c1=O)n1cnc(Cl)c1Cl. The zero-order valence-corrected chi connectivity index (χ0v) is 14.9. The molecule has 0 saturated heterocycles. The van der Waals surface area contributed by atoms with E-state index in [1.165, 1.54) is 21.7 Å². The predicted octanol–water partition coefficient (Wildman–Crippen LogP) is 3.56. The molecule has 0 spiro atoms. The number of nitrogens with zero attached hydrogens (tertiary/aromatic N) is 5. The maximum absolute atomic E-state index is 12.8. The van der Waals surface area contributed by atoms with E-state index in [4.69, 9.17) is 34.8 Å². The van der Waals surface area contributed by atoms with E-state index in [1.807, 2.05) is 36.4 Å². The van der Waals surface area contributed by atoms with Gasteiger partial charge in [-0.25, -0.2) is 9.97 Å². The maximum atomic E-state index is 12.8. The normalized spacial score (nSPS) is 11.9. The number of aromatic nitrogens is 4. The van der Waals surface area contributed by atoms with Crippen LogP contribution in [0.5, 0.6) is 0 Å². The molecule has 3 rings (SSSR count). The third-order valence-corrected chi connectivity index (χ3v) is 4.45. The Morgan fingerprint density at radius 1 is 1.20 bits per heavy atom. The lowest BCUT2D eigenvalue weighted by atomic mass is 10.2. The van der Waals surface area contributed by atoms with E-state index in [9.17, 15) is 10.1 Å². The first kappa shape index (κ1) is 17.5. The highest BCUT2D eigenvalue weighted by atomic mass is 35.5. The molecule has 0 N–H and O–H groups in total. The molecule has 1 aromatic carbocycles. The average Bonchev–Trinajstić information content (AvgIpc) is 2.93. The molecule has 1 unspecified atom stereocenters. The molecule has 0 bridgehead atoms. The average molecular weight is 395 g/mol. The van der Waals surface area contributed by atoms with E-state index < -0.39 is 11.6 Å². The van der Waals surface area contributed by atoms with Crippen molar-refractivity contribution in [3.63, 3.8) is 0 Å². The molecular formula is C16H10Cl3N5O. The summed E-state index contributed by atoms with van der Waals surface area (Å²) in [4.78, 5) is 20.7. The molecule has 0 radical (unpaired) electrons. The van der Waals surface area contributed by atoms with Gasteiger partial charge in [0.2, 0.25) is 0 Å². The van der Waals surface area contributed by atoms with Gasteiger partial charge in [-0.05, 0) is 5.56 Å². The third kappa shape index (κ3) is 3.54. The fraction of sp³-hybridized carbons (Fsp3) is 0.125. The van der Waals surface area contributed by atoms with Gasteiger partial charge in [-0.3, -0.25) is 9.36 Å². The molecule has 0 aliphatic carbocycles. The van der Waals surface area contributed by atoms with Crippen LogP contribution in [0.15, 0.2) is 47.7 Å². The van der Waals surface area contributed by atoms with Crippen molar-refractivity contribution in [3.8, 4) is 6.07 Å². The zero-order valence-electron chi connectivity index (χ0n) is 12.6. The van der Waals surface area contributed by atoms with Crippen molar-refractivity contribution in [3.05, 3.63) is 79.9 Å². The lowest BCUT2D eigenvalue weighted by Gasteiger charge is -2.14. The summed E-state index contributed by atoms with van der Waals surface area (Å²) in [6.07, 6.45) is 2.71. The summed E-state index contributed by atoms with van der Waals surface area (Å²) < 4.78 is 2.67. The highest BCUT2D eigenvalue weighted by Crippen LogP contribution is 2.25. The topological polar surface area (TPSA) is 76.5 Å². The summed E-state index contributed by atoms with van der Waals surface area (Å²) >= 11 is 17.9. The summed E-state index contributed by atoms with van der Waals surface area (Å²) in [6, 6.07) is 10.3. The number of hydrogen-bond donors (Lipinski definition) is 0. The molecule has 0 fully saturated rings. The minimum absolute atomic E-state index is 0.0357. The van der Waals surface area contributed by atoms with Gasteiger partial charge in [0.25, 0.3) is 5.56 Å². The number of halogens is 3. The van der Waals surface area contributed by atoms with Gasteiger partial charge in [0.1, 0.15) is 16.0 Å². The monoisotopic (exact) mass is 393 g/mol. The van der Waals surface area contributed by atoms with Crippen LogP contribution in [0.3, 0.4) is 0 Å². The van der Waals surface area contributed by atoms with Crippen molar-refractivity contribution in [1.82, 2.24) is 19.1 Å². The second-order valence-corrected chi connectivity index (χ2v) is 6.24. The van der Waals surface area contributed by atoms with E-state index in [-0.39, 0.29) is 21.2 Å². The van der Waals surface area contributed by atoms with Crippen LogP contribution in [0.2, 0.25) is 15.5 Å². The summed E-state index contributed by atoms with van der Waals surface area (Å²) in [5, 5.41) is 9.70. The zero-order chi connectivity index (χ0) is 18.0. The molecule has 6 nitrogen and oxygen atoms in total. The second-order valence-electron chi connectivity index (χ2n) is 5.13. The lowest BCUT2D eigenvalue weighted by molar-refractivity contribution is 0.646.